The third-order valence-electron chi connectivity index (χ3n) is 3.72. The number of sulfonamides is 1. The van der Waals surface area contributed by atoms with Gasteiger partial charge in [0, 0.05) is 10.7 Å². The fourth-order valence-corrected chi connectivity index (χ4v) is 3.50. The third kappa shape index (κ3) is 4.70. The number of amides is 2. The smallest absolute Gasteiger partial charge is 0.307 e. The van der Waals surface area contributed by atoms with E-state index in [1.165, 1.54) is 6.33 Å². The zero-order chi connectivity index (χ0) is 19.5. The molecular formula is C17H21ClN4O3S. The largest absolute Gasteiger partial charge is 0.333 e. The maximum Gasteiger partial charge on any atom is 0.333 e. The fraction of sp³-hybridized carbons (Fsp3) is 0.353. The van der Waals surface area contributed by atoms with E-state index >= 15 is 0 Å². The number of rotatable bonds is 5. The molecular weight excluding hydrogens is 376 g/mol. The number of anilines is 1. The fourth-order valence-electron chi connectivity index (χ4n) is 2.45. The zero-order valence-electron chi connectivity index (χ0n) is 14.9. The second-order valence-electron chi connectivity index (χ2n) is 6.40. The minimum atomic E-state index is -4.07. The van der Waals surface area contributed by atoms with Crippen molar-refractivity contribution in [2.45, 2.75) is 44.4 Å². The molecule has 0 spiro atoms. The second-order valence-corrected chi connectivity index (χ2v) is 8.52. The van der Waals surface area contributed by atoms with Crippen LogP contribution < -0.4 is 10.0 Å². The SMILES string of the molecule is CC(C)c1cc(Cl)cc(C(C)C)c1NC(=O)NS(=O)(=O)c1cncnc1. The van der Waals surface area contributed by atoms with Crippen molar-refractivity contribution in [3.8, 4) is 0 Å². The van der Waals surface area contributed by atoms with Gasteiger partial charge < -0.3 is 5.32 Å². The average Bonchev–Trinajstić information content (AvgIpc) is 2.56. The van der Waals surface area contributed by atoms with Gasteiger partial charge in [-0.05, 0) is 35.1 Å². The van der Waals surface area contributed by atoms with Gasteiger partial charge in [-0.3, -0.25) is 0 Å². The lowest BCUT2D eigenvalue weighted by Crippen LogP contribution is -2.35. The number of nitrogens with zero attached hydrogens (tertiary/aromatic N) is 2. The second kappa shape index (κ2) is 8.01. The molecule has 0 aliphatic heterocycles. The molecule has 26 heavy (non-hydrogen) atoms. The molecule has 2 N–H and O–H groups in total. The molecule has 9 heteroatoms. The van der Waals surface area contributed by atoms with Crippen LogP contribution in [-0.4, -0.2) is 24.4 Å². The summed E-state index contributed by atoms with van der Waals surface area (Å²) in [5, 5.41) is 3.23. The van der Waals surface area contributed by atoms with Crippen LogP contribution in [0.4, 0.5) is 10.5 Å². The molecule has 0 atom stereocenters. The van der Waals surface area contributed by atoms with E-state index in [0.29, 0.717) is 10.7 Å². The lowest BCUT2D eigenvalue weighted by atomic mass is 9.92. The third-order valence-corrected chi connectivity index (χ3v) is 5.22. The van der Waals surface area contributed by atoms with Crippen LogP contribution in [0.5, 0.6) is 0 Å². The van der Waals surface area contributed by atoms with E-state index in [9.17, 15) is 13.2 Å². The molecule has 0 aliphatic rings. The first kappa shape index (κ1) is 20.1. The van der Waals surface area contributed by atoms with E-state index in [2.05, 4.69) is 15.3 Å². The molecule has 1 heterocycles. The van der Waals surface area contributed by atoms with Crippen molar-refractivity contribution >= 4 is 33.3 Å². The topological polar surface area (TPSA) is 101 Å². The summed E-state index contributed by atoms with van der Waals surface area (Å²) in [5.74, 6) is 0.168. The molecule has 0 unspecified atom stereocenters. The van der Waals surface area contributed by atoms with Crippen LogP contribution >= 0.6 is 11.6 Å². The molecule has 7 nitrogen and oxygen atoms in total. The first-order chi connectivity index (χ1) is 12.1. The van der Waals surface area contributed by atoms with Crippen molar-refractivity contribution in [2.75, 3.05) is 5.32 Å². The molecule has 0 fully saturated rings. The van der Waals surface area contributed by atoms with Crippen LogP contribution in [0.1, 0.15) is 50.7 Å². The predicted octanol–water partition coefficient (Wildman–Crippen LogP) is 3.89. The van der Waals surface area contributed by atoms with Gasteiger partial charge in [0.2, 0.25) is 0 Å². The van der Waals surface area contributed by atoms with E-state index in [1.807, 2.05) is 32.4 Å². The van der Waals surface area contributed by atoms with Crippen molar-refractivity contribution < 1.29 is 13.2 Å². The van der Waals surface area contributed by atoms with Gasteiger partial charge >= 0.3 is 6.03 Å². The maximum absolute atomic E-state index is 12.4. The van der Waals surface area contributed by atoms with Crippen LogP contribution in [0.15, 0.2) is 35.7 Å². The Kier molecular flexibility index (Phi) is 6.20. The summed E-state index contributed by atoms with van der Waals surface area (Å²) in [7, 11) is -4.07. The summed E-state index contributed by atoms with van der Waals surface area (Å²) < 4.78 is 26.5. The number of carbonyl (C=O) groups is 1. The molecule has 1 aromatic heterocycles. The standard InChI is InChI=1S/C17H21ClN4O3S/c1-10(2)14-5-12(18)6-15(11(3)4)16(14)21-17(23)22-26(24,25)13-7-19-9-20-8-13/h5-11H,1-4H3,(H2,21,22,23). The highest BCUT2D eigenvalue weighted by Gasteiger charge is 2.22. The van der Waals surface area contributed by atoms with Crippen LogP contribution in [0.25, 0.3) is 0 Å². The average molecular weight is 397 g/mol. The molecule has 0 bridgehead atoms. The Bertz CT molecular complexity index is 870. The Hall–Kier alpha value is -2.19. The maximum atomic E-state index is 12.4. The van der Waals surface area contributed by atoms with E-state index in [4.69, 9.17) is 11.6 Å². The highest BCUT2D eigenvalue weighted by molar-refractivity contribution is 7.90. The summed E-state index contributed by atoms with van der Waals surface area (Å²) >= 11 is 6.20. The highest BCUT2D eigenvalue weighted by Crippen LogP contribution is 2.35. The van der Waals surface area contributed by atoms with Gasteiger partial charge in [-0.2, -0.15) is 0 Å². The quantitative estimate of drug-likeness (QED) is 0.798. The Labute approximate surface area is 158 Å². The van der Waals surface area contributed by atoms with Crippen molar-refractivity contribution in [3.05, 3.63) is 47.0 Å². The van der Waals surface area contributed by atoms with Crippen LogP contribution in [0.3, 0.4) is 0 Å². The number of urea groups is 1. The van der Waals surface area contributed by atoms with Gasteiger partial charge in [0.05, 0.1) is 12.4 Å². The molecule has 1 aromatic carbocycles. The van der Waals surface area contributed by atoms with Crippen LogP contribution in [-0.2, 0) is 10.0 Å². The number of hydrogen-bond donors (Lipinski definition) is 2. The number of aromatic nitrogens is 2. The lowest BCUT2D eigenvalue weighted by Gasteiger charge is -2.21. The van der Waals surface area contributed by atoms with Crippen molar-refractivity contribution in [3.63, 3.8) is 0 Å². The van der Waals surface area contributed by atoms with Gasteiger partial charge in [-0.1, -0.05) is 39.3 Å². The first-order valence-corrected chi connectivity index (χ1v) is 9.90. The van der Waals surface area contributed by atoms with E-state index in [1.54, 1.807) is 12.1 Å². The van der Waals surface area contributed by atoms with Gasteiger partial charge in [0.1, 0.15) is 11.2 Å². The van der Waals surface area contributed by atoms with Crippen LogP contribution in [0, 0.1) is 0 Å². The molecule has 2 amide bonds. The Morgan fingerprint density at radius 1 is 1.04 bits per heavy atom. The summed E-state index contributed by atoms with van der Waals surface area (Å²) in [6.07, 6.45) is 3.44. The summed E-state index contributed by atoms with van der Waals surface area (Å²) in [6, 6.07) is 2.68. The van der Waals surface area contributed by atoms with Crippen molar-refractivity contribution in [1.82, 2.24) is 14.7 Å². The van der Waals surface area contributed by atoms with Crippen LogP contribution in [0.2, 0.25) is 5.02 Å². The Balaban J connectivity index is 2.34. The van der Waals surface area contributed by atoms with Crippen molar-refractivity contribution in [1.29, 1.82) is 0 Å². The zero-order valence-corrected chi connectivity index (χ0v) is 16.5. The summed E-state index contributed by atoms with van der Waals surface area (Å²) in [5.41, 5.74) is 2.23. The van der Waals surface area contributed by atoms with Gasteiger partial charge in [-0.25, -0.2) is 27.9 Å². The Morgan fingerprint density at radius 2 is 1.54 bits per heavy atom. The van der Waals surface area contributed by atoms with E-state index in [-0.39, 0.29) is 16.7 Å². The molecule has 0 saturated carbocycles. The molecule has 2 aromatic rings. The normalized spacial score (nSPS) is 11.7. The Morgan fingerprint density at radius 3 is 2.00 bits per heavy atom. The molecule has 140 valence electrons. The number of hydrogen-bond acceptors (Lipinski definition) is 5. The monoisotopic (exact) mass is 396 g/mol. The molecule has 2 rings (SSSR count). The minimum Gasteiger partial charge on any atom is -0.307 e. The summed E-state index contributed by atoms with van der Waals surface area (Å²) in [6.45, 7) is 7.88. The number of nitrogens with one attached hydrogen (secondary N) is 2. The molecule has 0 radical (unpaired) electrons. The minimum absolute atomic E-state index is 0.0839. The highest BCUT2D eigenvalue weighted by atomic mass is 35.5. The number of halogens is 1. The van der Waals surface area contributed by atoms with E-state index < -0.39 is 16.1 Å². The molecule has 0 aliphatic carbocycles. The molecule has 0 saturated heterocycles. The number of carbonyl (C=O) groups excluding carboxylic acids is 1. The summed E-state index contributed by atoms with van der Waals surface area (Å²) in [4.78, 5) is 19.5. The van der Waals surface area contributed by atoms with Gasteiger partial charge in [0.15, 0.2) is 0 Å². The first-order valence-electron chi connectivity index (χ1n) is 8.04. The van der Waals surface area contributed by atoms with Gasteiger partial charge in [-0.15, -0.1) is 0 Å². The predicted molar refractivity (Wildman–Crippen MR) is 101 cm³/mol. The number of benzene rings is 1. The van der Waals surface area contributed by atoms with Gasteiger partial charge in [0.25, 0.3) is 10.0 Å². The van der Waals surface area contributed by atoms with E-state index in [0.717, 1.165) is 23.5 Å². The lowest BCUT2D eigenvalue weighted by molar-refractivity contribution is 0.256. The van der Waals surface area contributed by atoms with Crippen molar-refractivity contribution in [2.24, 2.45) is 0 Å².